The molecule has 2 aromatic carbocycles. The molecule has 2 aromatic heterocycles. The van der Waals surface area contributed by atoms with Gasteiger partial charge < -0.3 is 10.7 Å². The van der Waals surface area contributed by atoms with E-state index in [1.807, 2.05) is 0 Å². The van der Waals surface area contributed by atoms with Crippen molar-refractivity contribution in [2.45, 2.75) is 6.18 Å². The average Bonchev–Trinajstić information content (AvgIpc) is 3.09. The predicted molar refractivity (Wildman–Crippen MR) is 90.3 cm³/mol. The number of alkyl halides is 3. The van der Waals surface area contributed by atoms with Crippen LogP contribution in [0.3, 0.4) is 0 Å². The Bertz CT molecular complexity index is 1210. The highest BCUT2D eigenvalue weighted by molar-refractivity contribution is 6.14. The van der Waals surface area contributed by atoms with Crippen molar-refractivity contribution in [2.75, 3.05) is 0 Å². The van der Waals surface area contributed by atoms with E-state index in [2.05, 4.69) is 15.0 Å². The number of nitrogens with one attached hydrogen (secondary N) is 1. The maximum absolute atomic E-state index is 14.8. The van der Waals surface area contributed by atoms with E-state index >= 15 is 0 Å². The number of rotatable bonds is 2. The summed E-state index contributed by atoms with van der Waals surface area (Å²) in [6, 6.07) is 2.44. The largest absolute Gasteiger partial charge is 0.416 e. The third kappa shape index (κ3) is 2.67. The second-order valence-corrected chi connectivity index (χ2v) is 5.92. The van der Waals surface area contributed by atoms with Crippen molar-refractivity contribution in [1.82, 2.24) is 15.0 Å². The molecular weight excluding hydrogens is 364 g/mol. The number of benzene rings is 2. The molecule has 27 heavy (non-hydrogen) atoms. The highest BCUT2D eigenvalue weighted by Gasteiger charge is 2.33. The summed E-state index contributed by atoms with van der Waals surface area (Å²) in [4.78, 5) is 22.8. The van der Waals surface area contributed by atoms with Crippen molar-refractivity contribution < 1.29 is 22.4 Å². The number of aromatic nitrogens is 3. The lowest BCUT2D eigenvalue weighted by Crippen LogP contribution is -2.16. The van der Waals surface area contributed by atoms with E-state index in [1.165, 1.54) is 31.0 Å². The lowest BCUT2D eigenvalue weighted by molar-refractivity contribution is -0.137. The van der Waals surface area contributed by atoms with Crippen LogP contribution in [0.2, 0.25) is 0 Å². The zero-order valence-corrected chi connectivity index (χ0v) is 13.4. The SMILES string of the molecule is NC(=O)c1cc(C(F)(F)F)cc(F)c1-c1cc2cnc[nH]c2c2cncc12. The Morgan fingerprint density at radius 3 is 2.48 bits per heavy atom. The number of primary amides is 1. The predicted octanol–water partition coefficient (Wildman–Crippen LogP) is 4.03. The second-order valence-electron chi connectivity index (χ2n) is 5.92. The third-order valence-electron chi connectivity index (χ3n) is 4.29. The number of hydrogen-bond acceptors (Lipinski definition) is 3. The van der Waals surface area contributed by atoms with Crippen LogP contribution >= 0.6 is 0 Å². The normalized spacial score (nSPS) is 12.0. The molecule has 2 heterocycles. The molecule has 5 nitrogen and oxygen atoms in total. The van der Waals surface area contributed by atoms with Crippen LogP contribution in [0, 0.1) is 5.82 Å². The Morgan fingerprint density at radius 2 is 1.78 bits per heavy atom. The minimum atomic E-state index is -4.82. The number of nitrogens with two attached hydrogens (primary N) is 1. The lowest BCUT2D eigenvalue weighted by atomic mass is 9.92. The molecule has 136 valence electrons. The number of halogens is 4. The maximum atomic E-state index is 14.8. The van der Waals surface area contributed by atoms with Crippen molar-refractivity contribution in [3.8, 4) is 11.1 Å². The summed E-state index contributed by atoms with van der Waals surface area (Å²) >= 11 is 0. The van der Waals surface area contributed by atoms with Crippen LogP contribution in [0.5, 0.6) is 0 Å². The number of carbonyl (C=O) groups is 1. The van der Waals surface area contributed by atoms with E-state index in [9.17, 15) is 22.4 Å². The van der Waals surface area contributed by atoms with Gasteiger partial charge in [-0.25, -0.2) is 9.37 Å². The van der Waals surface area contributed by atoms with E-state index in [1.54, 1.807) is 0 Å². The van der Waals surface area contributed by atoms with Gasteiger partial charge in [-0.05, 0) is 23.8 Å². The number of amides is 1. The molecule has 3 N–H and O–H groups in total. The summed E-state index contributed by atoms with van der Waals surface area (Å²) in [6.07, 6.45) is 1.13. The fourth-order valence-electron chi connectivity index (χ4n) is 3.13. The van der Waals surface area contributed by atoms with Crippen LogP contribution in [0.25, 0.3) is 32.8 Å². The molecule has 0 aliphatic rings. The van der Waals surface area contributed by atoms with Gasteiger partial charge in [0.15, 0.2) is 0 Å². The first kappa shape index (κ1) is 17.0. The molecule has 4 aromatic rings. The number of fused-ring (bicyclic) bond motifs is 3. The van der Waals surface area contributed by atoms with Gasteiger partial charge in [0.05, 0.1) is 23.0 Å². The first-order valence-electron chi connectivity index (χ1n) is 7.67. The van der Waals surface area contributed by atoms with Crippen LogP contribution in [-0.2, 0) is 6.18 Å². The Labute approximate surface area is 148 Å². The summed E-state index contributed by atoms with van der Waals surface area (Å²) in [5.74, 6) is -2.37. The molecule has 1 amide bonds. The summed E-state index contributed by atoms with van der Waals surface area (Å²) in [7, 11) is 0. The van der Waals surface area contributed by atoms with Crippen LogP contribution in [-0.4, -0.2) is 20.9 Å². The number of H-pyrrole nitrogens is 1. The number of aromatic amines is 1. The minimum absolute atomic E-state index is 0.205. The van der Waals surface area contributed by atoms with E-state index < -0.39 is 29.0 Å². The number of nitrogens with zero attached hydrogens (tertiary/aromatic N) is 2. The van der Waals surface area contributed by atoms with Crippen molar-refractivity contribution in [3.63, 3.8) is 0 Å². The fraction of sp³-hybridized carbons (Fsp3) is 0.0556. The molecule has 0 bridgehead atoms. The maximum Gasteiger partial charge on any atom is 0.416 e. The summed E-state index contributed by atoms with van der Waals surface area (Å²) in [5, 5.41) is 1.65. The van der Waals surface area contributed by atoms with Crippen molar-refractivity contribution in [3.05, 3.63) is 60.1 Å². The summed E-state index contributed by atoms with van der Waals surface area (Å²) in [5.41, 5.74) is 3.99. The van der Waals surface area contributed by atoms with Crippen molar-refractivity contribution >= 4 is 27.6 Å². The van der Waals surface area contributed by atoms with Gasteiger partial charge in [-0.2, -0.15) is 13.2 Å². The Morgan fingerprint density at radius 1 is 1.04 bits per heavy atom. The van der Waals surface area contributed by atoms with E-state index in [0.717, 1.165) is 0 Å². The van der Waals surface area contributed by atoms with Crippen molar-refractivity contribution in [2.24, 2.45) is 5.73 Å². The molecule has 0 atom stereocenters. The monoisotopic (exact) mass is 374 g/mol. The summed E-state index contributed by atoms with van der Waals surface area (Å²) < 4.78 is 53.8. The minimum Gasteiger partial charge on any atom is -0.366 e. The van der Waals surface area contributed by atoms with Gasteiger partial charge in [-0.3, -0.25) is 9.78 Å². The standard InChI is InChI=1S/C18H10F4N4O/c19-14-3-9(18(20,21)22)2-11(17(23)27)15(14)10-1-8-4-25-7-26-16(8)13-6-24-5-12(10)13/h1-7H,(H2,23,27)(H,25,26). The Balaban J connectivity index is 2.12. The second kappa shape index (κ2) is 5.76. The van der Waals surface area contributed by atoms with Crippen LogP contribution in [0.1, 0.15) is 15.9 Å². The molecule has 0 aliphatic heterocycles. The van der Waals surface area contributed by atoms with Crippen LogP contribution in [0.15, 0.2) is 43.1 Å². The van der Waals surface area contributed by atoms with Gasteiger partial charge >= 0.3 is 6.18 Å². The topological polar surface area (TPSA) is 84.7 Å². The van der Waals surface area contributed by atoms with Gasteiger partial charge in [0.25, 0.3) is 0 Å². The Kier molecular flexibility index (Phi) is 3.62. The van der Waals surface area contributed by atoms with Gasteiger partial charge in [0.1, 0.15) is 5.82 Å². The first-order chi connectivity index (χ1) is 12.8. The van der Waals surface area contributed by atoms with Gasteiger partial charge in [0, 0.05) is 40.3 Å². The zero-order chi connectivity index (χ0) is 19.3. The van der Waals surface area contributed by atoms with Gasteiger partial charge in [0.2, 0.25) is 5.91 Å². The highest BCUT2D eigenvalue weighted by atomic mass is 19.4. The lowest BCUT2D eigenvalue weighted by Gasteiger charge is -2.15. The van der Waals surface area contributed by atoms with Gasteiger partial charge in [-0.15, -0.1) is 0 Å². The van der Waals surface area contributed by atoms with Gasteiger partial charge in [-0.1, -0.05) is 0 Å². The van der Waals surface area contributed by atoms with E-state index in [0.29, 0.717) is 33.8 Å². The quantitative estimate of drug-likeness (QED) is 0.520. The fourth-order valence-corrected chi connectivity index (χ4v) is 3.13. The average molecular weight is 374 g/mol. The summed E-state index contributed by atoms with van der Waals surface area (Å²) in [6.45, 7) is 0. The first-order valence-corrected chi connectivity index (χ1v) is 7.67. The molecule has 0 saturated heterocycles. The molecular formula is C18H10F4N4O. The molecule has 0 saturated carbocycles. The molecule has 0 unspecified atom stereocenters. The zero-order valence-electron chi connectivity index (χ0n) is 13.4. The van der Waals surface area contributed by atoms with E-state index in [4.69, 9.17) is 5.73 Å². The molecule has 0 spiro atoms. The molecule has 0 radical (unpaired) electrons. The molecule has 9 heteroatoms. The van der Waals surface area contributed by atoms with E-state index in [-0.39, 0.29) is 11.1 Å². The number of hydrogen-bond donors (Lipinski definition) is 2. The van der Waals surface area contributed by atoms with Crippen molar-refractivity contribution in [1.29, 1.82) is 0 Å². The molecule has 0 aliphatic carbocycles. The molecule has 0 fully saturated rings. The number of carbonyl (C=O) groups excluding carboxylic acids is 1. The molecule has 4 rings (SSSR count). The smallest absolute Gasteiger partial charge is 0.366 e. The Hall–Kier alpha value is -3.49. The van der Waals surface area contributed by atoms with Crippen LogP contribution < -0.4 is 5.73 Å². The van der Waals surface area contributed by atoms with Crippen LogP contribution in [0.4, 0.5) is 17.6 Å². The third-order valence-corrected chi connectivity index (χ3v) is 4.29. The highest BCUT2D eigenvalue weighted by Crippen LogP contribution is 2.39.